The third-order valence-electron chi connectivity index (χ3n) is 4.18. The van der Waals surface area contributed by atoms with Gasteiger partial charge in [0, 0.05) is 0 Å². The molecule has 4 rings (SSSR count). The molecule has 1 unspecified atom stereocenters. The highest BCUT2D eigenvalue weighted by Gasteiger charge is 2.14. The van der Waals surface area contributed by atoms with E-state index >= 15 is 0 Å². The fourth-order valence-electron chi connectivity index (χ4n) is 2.88. The van der Waals surface area contributed by atoms with Crippen molar-refractivity contribution in [2.75, 3.05) is 0 Å². The monoisotopic (exact) mass is 330 g/mol. The molecular formula is C21H18N2O2. The van der Waals surface area contributed by atoms with Gasteiger partial charge in [-0.05, 0) is 35.4 Å². The number of aliphatic hydroxyl groups excluding tert-OH is 1. The molecule has 4 nitrogen and oxygen atoms in total. The van der Waals surface area contributed by atoms with Gasteiger partial charge in [-0.2, -0.15) is 0 Å². The lowest BCUT2D eigenvalue weighted by molar-refractivity contribution is 0.213. The lowest BCUT2D eigenvalue weighted by atomic mass is 10.1. The van der Waals surface area contributed by atoms with Crippen LogP contribution in [0, 0.1) is 0 Å². The van der Waals surface area contributed by atoms with Gasteiger partial charge in [0.25, 0.3) is 0 Å². The van der Waals surface area contributed by atoms with Crippen molar-refractivity contribution in [3.05, 3.63) is 102 Å². The maximum atomic E-state index is 10.8. The van der Waals surface area contributed by atoms with Gasteiger partial charge in [-0.15, -0.1) is 0 Å². The lowest BCUT2D eigenvalue weighted by Gasteiger charge is -2.15. The molecule has 0 aliphatic rings. The lowest BCUT2D eigenvalue weighted by Crippen LogP contribution is -2.05. The summed E-state index contributed by atoms with van der Waals surface area (Å²) < 4.78 is 7.75. The molecule has 0 saturated heterocycles. The third kappa shape index (κ3) is 3.25. The Kier molecular flexibility index (Phi) is 4.19. The number of hydrogen-bond acceptors (Lipinski definition) is 3. The van der Waals surface area contributed by atoms with Crippen molar-refractivity contribution >= 4 is 5.52 Å². The van der Waals surface area contributed by atoms with Gasteiger partial charge < -0.3 is 14.2 Å². The molecule has 4 heteroatoms. The number of ether oxygens (including phenoxy) is 1. The number of aliphatic hydroxyl groups is 1. The Morgan fingerprint density at radius 2 is 1.80 bits per heavy atom. The van der Waals surface area contributed by atoms with E-state index in [1.54, 1.807) is 12.5 Å². The number of benzene rings is 2. The molecule has 0 aliphatic carbocycles. The predicted octanol–water partition coefficient (Wildman–Crippen LogP) is 4.00. The Balaban J connectivity index is 1.57. The molecule has 0 amide bonds. The predicted molar refractivity (Wildman–Crippen MR) is 96.5 cm³/mol. The molecule has 0 radical (unpaired) electrons. The van der Waals surface area contributed by atoms with Crippen LogP contribution in [0.1, 0.15) is 22.9 Å². The number of fused-ring (bicyclic) bond motifs is 1. The average Bonchev–Trinajstić information content (AvgIpc) is 3.16. The quantitative estimate of drug-likeness (QED) is 0.602. The fourth-order valence-corrected chi connectivity index (χ4v) is 2.88. The summed E-state index contributed by atoms with van der Waals surface area (Å²) in [7, 11) is 0. The van der Waals surface area contributed by atoms with Gasteiger partial charge in [0.2, 0.25) is 0 Å². The first-order chi connectivity index (χ1) is 12.3. The van der Waals surface area contributed by atoms with Crippen LogP contribution in [-0.4, -0.2) is 14.5 Å². The van der Waals surface area contributed by atoms with Gasteiger partial charge in [-0.3, -0.25) is 0 Å². The zero-order chi connectivity index (χ0) is 17.1. The van der Waals surface area contributed by atoms with Crippen LogP contribution in [0.4, 0.5) is 0 Å². The molecule has 0 bridgehead atoms. The molecular weight excluding hydrogens is 312 g/mol. The molecule has 124 valence electrons. The van der Waals surface area contributed by atoms with E-state index < -0.39 is 6.10 Å². The van der Waals surface area contributed by atoms with Crippen molar-refractivity contribution in [2.24, 2.45) is 0 Å². The summed E-state index contributed by atoms with van der Waals surface area (Å²) >= 11 is 0. The molecule has 1 N–H and O–H groups in total. The molecule has 4 aromatic rings. The fraction of sp³-hybridized carbons (Fsp3) is 0.0952. The van der Waals surface area contributed by atoms with Crippen molar-refractivity contribution in [3.8, 4) is 5.75 Å². The summed E-state index contributed by atoms with van der Waals surface area (Å²) in [5.41, 5.74) is 3.62. The van der Waals surface area contributed by atoms with Gasteiger partial charge >= 0.3 is 0 Å². The highest BCUT2D eigenvalue weighted by atomic mass is 16.5. The van der Waals surface area contributed by atoms with Crippen molar-refractivity contribution in [1.82, 2.24) is 9.38 Å². The zero-order valence-corrected chi connectivity index (χ0v) is 13.6. The Hall–Kier alpha value is -3.11. The zero-order valence-electron chi connectivity index (χ0n) is 13.6. The first kappa shape index (κ1) is 15.4. The van der Waals surface area contributed by atoms with E-state index in [9.17, 15) is 5.11 Å². The Morgan fingerprint density at radius 3 is 2.68 bits per heavy atom. The minimum Gasteiger partial charge on any atom is -0.489 e. The number of hydrogen-bond donors (Lipinski definition) is 1. The second kappa shape index (κ2) is 6.79. The number of nitrogens with zero attached hydrogens (tertiary/aromatic N) is 2. The molecule has 0 fully saturated rings. The van der Waals surface area contributed by atoms with Crippen LogP contribution < -0.4 is 4.74 Å². The van der Waals surface area contributed by atoms with Crippen LogP contribution >= 0.6 is 0 Å². The minimum absolute atomic E-state index is 0.498. The maximum Gasteiger partial charge on any atom is 0.120 e. The molecule has 0 spiro atoms. The number of aromatic nitrogens is 2. The molecule has 0 aliphatic heterocycles. The van der Waals surface area contributed by atoms with Crippen molar-refractivity contribution in [1.29, 1.82) is 0 Å². The standard InChI is InChI=1S/C21H18N2O2/c24-21(20-11-5-9-18-13-22-15-23(18)20)17-8-4-10-19(12-17)25-14-16-6-2-1-3-7-16/h1-13,15,21,24H,14H2. The highest BCUT2D eigenvalue weighted by molar-refractivity contribution is 5.47. The number of pyridine rings is 1. The van der Waals surface area contributed by atoms with Crippen LogP contribution in [0.25, 0.3) is 5.52 Å². The Morgan fingerprint density at radius 1 is 0.960 bits per heavy atom. The van der Waals surface area contributed by atoms with Crippen LogP contribution in [0.2, 0.25) is 0 Å². The van der Waals surface area contributed by atoms with E-state index in [1.165, 1.54) is 0 Å². The summed E-state index contributed by atoms with van der Waals surface area (Å²) in [5.74, 6) is 0.734. The molecule has 25 heavy (non-hydrogen) atoms. The highest BCUT2D eigenvalue weighted by Crippen LogP contribution is 2.26. The SMILES string of the molecule is OC(c1cccc(OCc2ccccc2)c1)c1cccc2cncn12. The topological polar surface area (TPSA) is 46.8 Å². The summed E-state index contributed by atoms with van der Waals surface area (Å²) in [6.45, 7) is 0.498. The van der Waals surface area contributed by atoms with Crippen molar-refractivity contribution in [3.63, 3.8) is 0 Å². The third-order valence-corrected chi connectivity index (χ3v) is 4.18. The molecule has 2 heterocycles. The van der Waals surface area contributed by atoms with E-state index in [1.807, 2.05) is 77.2 Å². The van der Waals surface area contributed by atoms with Gasteiger partial charge in [-0.1, -0.05) is 48.5 Å². The Labute approximate surface area is 146 Å². The summed E-state index contributed by atoms with van der Waals surface area (Å²) in [6.07, 6.45) is 2.73. The molecule has 2 aromatic carbocycles. The van der Waals surface area contributed by atoms with Crippen LogP contribution in [0.5, 0.6) is 5.75 Å². The maximum absolute atomic E-state index is 10.8. The van der Waals surface area contributed by atoms with Crippen LogP contribution in [0.15, 0.2) is 85.3 Å². The largest absolute Gasteiger partial charge is 0.489 e. The van der Waals surface area contributed by atoms with Crippen LogP contribution in [0.3, 0.4) is 0 Å². The molecule has 0 saturated carbocycles. The second-order valence-corrected chi connectivity index (χ2v) is 5.89. The van der Waals surface area contributed by atoms with Gasteiger partial charge in [0.15, 0.2) is 0 Å². The number of rotatable bonds is 5. The van der Waals surface area contributed by atoms with Crippen molar-refractivity contribution in [2.45, 2.75) is 12.7 Å². The van der Waals surface area contributed by atoms with Gasteiger partial charge in [0.1, 0.15) is 18.5 Å². The minimum atomic E-state index is -0.752. The summed E-state index contributed by atoms with van der Waals surface area (Å²) in [4.78, 5) is 4.15. The molecule has 2 aromatic heterocycles. The van der Waals surface area contributed by atoms with Crippen LogP contribution in [-0.2, 0) is 6.61 Å². The second-order valence-electron chi connectivity index (χ2n) is 5.89. The van der Waals surface area contributed by atoms with E-state index in [0.29, 0.717) is 6.61 Å². The summed E-state index contributed by atoms with van der Waals surface area (Å²) in [5, 5.41) is 10.8. The van der Waals surface area contributed by atoms with E-state index in [4.69, 9.17) is 4.74 Å². The van der Waals surface area contributed by atoms with E-state index in [0.717, 1.165) is 28.1 Å². The average molecular weight is 330 g/mol. The first-order valence-electron chi connectivity index (χ1n) is 8.17. The smallest absolute Gasteiger partial charge is 0.120 e. The Bertz CT molecular complexity index is 979. The first-order valence-corrected chi connectivity index (χ1v) is 8.17. The van der Waals surface area contributed by atoms with Crippen molar-refractivity contribution < 1.29 is 9.84 Å². The molecule has 1 atom stereocenters. The summed E-state index contributed by atoms with van der Waals surface area (Å²) in [6, 6.07) is 23.4. The van der Waals surface area contributed by atoms with Gasteiger partial charge in [0.05, 0.1) is 23.7 Å². The number of imidazole rings is 1. The van der Waals surface area contributed by atoms with E-state index in [-0.39, 0.29) is 0 Å². The van der Waals surface area contributed by atoms with E-state index in [2.05, 4.69) is 4.98 Å². The normalized spacial score (nSPS) is 12.2. The van der Waals surface area contributed by atoms with Gasteiger partial charge in [-0.25, -0.2) is 4.98 Å².